The van der Waals surface area contributed by atoms with E-state index in [2.05, 4.69) is 10.3 Å². The highest BCUT2D eigenvalue weighted by molar-refractivity contribution is 6.05. The average molecular weight is 450 g/mol. The molecule has 1 amide bonds. The van der Waals surface area contributed by atoms with Crippen molar-refractivity contribution in [2.75, 3.05) is 12.4 Å². The van der Waals surface area contributed by atoms with Gasteiger partial charge in [0.2, 0.25) is 5.89 Å². The van der Waals surface area contributed by atoms with Crippen molar-refractivity contribution < 1.29 is 18.7 Å². The number of nitrogens with zero attached hydrogens (tertiary/aromatic N) is 1. The van der Waals surface area contributed by atoms with Crippen molar-refractivity contribution in [3.05, 3.63) is 108 Å². The standard InChI is InChI=1S/C28H22N2O4/c1-32-23-11-6-10-21(16-23)28-30-25-17-22(13-14-26(25)34-28)29-27(31)20-9-5-12-24(15-20)33-18-19-7-3-2-4-8-19/h2-17H,18H2,1H3,(H,29,31). The van der Waals surface area contributed by atoms with Gasteiger partial charge >= 0.3 is 0 Å². The maximum Gasteiger partial charge on any atom is 0.255 e. The monoisotopic (exact) mass is 450 g/mol. The Morgan fingerprint density at radius 3 is 2.56 bits per heavy atom. The Morgan fingerprint density at radius 2 is 1.71 bits per heavy atom. The van der Waals surface area contributed by atoms with E-state index in [1.165, 1.54) is 0 Å². The number of oxazole rings is 1. The van der Waals surface area contributed by atoms with Crippen LogP contribution >= 0.6 is 0 Å². The van der Waals surface area contributed by atoms with E-state index < -0.39 is 0 Å². The maximum atomic E-state index is 12.8. The molecule has 0 fully saturated rings. The number of amides is 1. The second kappa shape index (κ2) is 9.50. The summed E-state index contributed by atoms with van der Waals surface area (Å²) in [4.78, 5) is 17.4. The van der Waals surface area contributed by atoms with E-state index >= 15 is 0 Å². The number of rotatable bonds is 7. The minimum absolute atomic E-state index is 0.235. The summed E-state index contributed by atoms with van der Waals surface area (Å²) in [5.74, 6) is 1.61. The minimum atomic E-state index is -0.235. The Hall–Kier alpha value is -4.58. The van der Waals surface area contributed by atoms with Crippen LogP contribution in [0, 0.1) is 0 Å². The number of fused-ring (bicyclic) bond motifs is 1. The number of carbonyl (C=O) groups is 1. The molecule has 0 aliphatic rings. The molecule has 1 aromatic heterocycles. The van der Waals surface area contributed by atoms with Crippen LogP contribution in [0.4, 0.5) is 5.69 Å². The number of ether oxygens (including phenoxy) is 2. The number of hydrogen-bond acceptors (Lipinski definition) is 5. The molecule has 0 radical (unpaired) electrons. The van der Waals surface area contributed by atoms with Crippen molar-refractivity contribution in [2.45, 2.75) is 6.61 Å². The van der Waals surface area contributed by atoms with Gasteiger partial charge < -0.3 is 19.2 Å². The fourth-order valence-corrected chi connectivity index (χ4v) is 3.56. The SMILES string of the molecule is COc1cccc(-c2nc3cc(NC(=O)c4cccc(OCc5ccccc5)c4)ccc3o2)c1. The maximum absolute atomic E-state index is 12.8. The lowest BCUT2D eigenvalue weighted by Crippen LogP contribution is -2.12. The highest BCUT2D eigenvalue weighted by Gasteiger charge is 2.12. The van der Waals surface area contributed by atoms with Crippen LogP contribution in [0.25, 0.3) is 22.6 Å². The molecule has 0 bridgehead atoms. The zero-order chi connectivity index (χ0) is 23.3. The predicted molar refractivity (Wildman–Crippen MR) is 131 cm³/mol. The van der Waals surface area contributed by atoms with Crippen LogP contribution in [0.2, 0.25) is 0 Å². The Morgan fingerprint density at radius 1 is 0.882 bits per heavy atom. The van der Waals surface area contributed by atoms with E-state index in [9.17, 15) is 4.79 Å². The fraction of sp³-hybridized carbons (Fsp3) is 0.0714. The van der Waals surface area contributed by atoms with Gasteiger partial charge in [-0.2, -0.15) is 0 Å². The Bertz CT molecular complexity index is 1440. The van der Waals surface area contributed by atoms with Gasteiger partial charge in [-0.15, -0.1) is 0 Å². The van der Waals surface area contributed by atoms with Gasteiger partial charge in [0, 0.05) is 16.8 Å². The van der Waals surface area contributed by atoms with Gasteiger partial charge in [-0.05, 0) is 60.2 Å². The topological polar surface area (TPSA) is 73.6 Å². The summed E-state index contributed by atoms with van der Waals surface area (Å²) < 4.78 is 17.0. The molecule has 4 aromatic carbocycles. The van der Waals surface area contributed by atoms with Gasteiger partial charge in [0.1, 0.15) is 23.6 Å². The molecule has 1 N–H and O–H groups in total. The van der Waals surface area contributed by atoms with E-state index in [0.29, 0.717) is 40.6 Å². The lowest BCUT2D eigenvalue weighted by molar-refractivity contribution is 0.102. The zero-order valence-electron chi connectivity index (χ0n) is 18.5. The lowest BCUT2D eigenvalue weighted by atomic mass is 10.2. The normalized spacial score (nSPS) is 10.7. The molecule has 6 nitrogen and oxygen atoms in total. The van der Waals surface area contributed by atoms with Crippen molar-refractivity contribution in [3.63, 3.8) is 0 Å². The molecule has 0 saturated heterocycles. The first-order valence-corrected chi connectivity index (χ1v) is 10.8. The van der Waals surface area contributed by atoms with Crippen molar-refractivity contribution in [2.24, 2.45) is 0 Å². The van der Waals surface area contributed by atoms with E-state index in [0.717, 1.165) is 16.9 Å². The van der Waals surface area contributed by atoms with Crippen LogP contribution < -0.4 is 14.8 Å². The van der Waals surface area contributed by atoms with E-state index in [-0.39, 0.29) is 5.91 Å². The highest BCUT2D eigenvalue weighted by atomic mass is 16.5. The molecule has 0 aliphatic heterocycles. The Kier molecular flexibility index (Phi) is 5.95. The molecule has 0 atom stereocenters. The number of benzene rings is 4. The fourth-order valence-electron chi connectivity index (χ4n) is 3.56. The summed E-state index contributed by atoms with van der Waals surface area (Å²) in [6.45, 7) is 0.435. The van der Waals surface area contributed by atoms with Crippen molar-refractivity contribution in [1.82, 2.24) is 4.98 Å². The van der Waals surface area contributed by atoms with E-state index in [4.69, 9.17) is 13.9 Å². The summed E-state index contributed by atoms with van der Waals surface area (Å²) in [5, 5.41) is 2.92. The Labute approximate surface area is 196 Å². The van der Waals surface area contributed by atoms with E-state index in [1.807, 2.05) is 60.7 Å². The van der Waals surface area contributed by atoms with Crippen LogP contribution in [0.3, 0.4) is 0 Å². The van der Waals surface area contributed by atoms with Crippen LogP contribution in [0.5, 0.6) is 11.5 Å². The molecule has 0 spiro atoms. The summed E-state index contributed by atoms with van der Waals surface area (Å²) in [6, 6.07) is 29.9. The summed E-state index contributed by atoms with van der Waals surface area (Å²) >= 11 is 0. The van der Waals surface area contributed by atoms with Gasteiger partial charge in [0.25, 0.3) is 5.91 Å². The van der Waals surface area contributed by atoms with Crippen molar-refractivity contribution in [1.29, 1.82) is 0 Å². The third kappa shape index (κ3) is 4.76. The number of anilines is 1. The predicted octanol–water partition coefficient (Wildman–Crippen LogP) is 6.33. The second-order valence-electron chi connectivity index (χ2n) is 7.69. The van der Waals surface area contributed by atoms with Crippen LogP contribution in [-0.4, -0.2) is 18.0 Å². The molecule has 0 aliphatic carbocycles. The molecule has 34 heavy (non-hydrogen) atoms. The van der Waals surface area contributed by atoms with E-state index in [1.54, 1.807) is 43.5 Å². The largest absolute Gasteiger partial charge is 0.497 e. The number of methoxy groups -OCH3 is 1. The third-order valence-corrected chi connectivity index (χ3v) is 5.31. The number of nitrogens with one attached hydrogen (secondary N) is 1. The average Bonchev–Trinajstić information content (AvgIpc) is 3.32. The molecular weight excluding hydrogens is 428 g/mol. The van der Waals surface area contributed by atoms with Crippen LogP contribution in [0.1, 0.15) is 15.9 Å². The first kappa shape index (κ1) is 21.3. The highest BCUT2D eigenvalue weighted by Crippen LogP contribution is 2.28. The zero-order valence-corrected chi connectivity index (χ0v) is 18.5. The first-order valence-electron chi connectivity index (χ1n) is 10.8. The van der Waals surface area contributed by atoms with Gasteiger partial charge in [-0.3, -0.25) is 4.79 Å². The van der Waals surface area contributed by atoms with Crippen LogP contribution in [-0.2, 0) is 6.61 Å². The second-order valence-corrected chi connectivity index (χ2v) is 7.69. The lowest BCUT2D eigenvalue weighted by Gasteiger charge is -2.09. The Balaban J connectivity index is 1.30. The molecule has 5 aromatic rings. The van der Waals surface area contributed by atoms with Crippen molar-refractivity contribution in [3.8, 4) is 23.0 Å². The third-order valence-electron chi connectivity index (χ3n) is 5.31. The summed E-state index contributed by atoms with van der Waals surface area (Å²) in [7, 11) is 1.62. The quantitative estimate of drug-likeness (QED) is 0.313. The molecule has 5 rings (SSSR count). The molecule has 1 heterocycles. The number of aromatic nitrogens is 1. The van der Waals surface area contributed by atoms with Gasteiger partial charge in [-0.1, -0.05) is 42.5 Å². The molecule has 6 heteroatoms. The number of hydrogen-bond donors (Lipinski definition) is 1. The van der Waals surface area contributed by atoms with Gasteiger partial charge in [0.15, 0.2) is 5.58 Å². The van der Waals surface area contributed by atoms with Crippen molar-refractivity contribution >= 4 is 22.7 Å². The summed E-state index contributed by atoms with van der Waals surface area (Å²) in [6.07, 6.45) is 0. The first-order chi connectivity index (χ1) is 16.7. The molecule has 168 valence electrons. The van der Waals surface area contributed by atoms with Crippen LogP contribution in [0.15, 0.2) is 101 Å². The smallest absolute Gasteiger partial charge is 0.255 e. The van der Waals surface area contributed by atoms with Gasteiger partial charge in [0.05, 0.1) is 7.11 Å². The van der Waals surface area contributed by atoms with Gasteiger partial charge in [-0.25, -0.2) is 4.98 Å². The molecule has 0 unspecified atom stereocenters. The minimum Gasteiger partial charge on any atom is -0.497 e. The molecule has 0 saturated carbocycles. The number of carbonyl (C=O) groups excluding carboxylic acids is 1. The summed E-state index contributed by atoms with van der Waals surface area (Å²) in [5.41, 5.74) is 4.28. The molecular formula is C28H22N2O4.